The molecule has 1 aromatic rings. The van der Waals surface area contributed by atoms with Gasteiger partial charge in [-0.1, -0.05) is 18.2 Å². The van der Waals surface area contributed by atoms with Gasteiger partial charge in [-0.3, -0.25) is 0 Å². The van der Waals surface area contributed by atoms with E-state index in [-0.39, 0.29) is 5.82 Å². The number of rotatable bonds is 5. The SMILES string of the molecule is N#CC=C[C@H]1CC[C@H](OC[C@H]2CC[C@H](c3ccc(F)cc3)CC2)CC1. The highest BCUT2D eigenvalue weighted by Crippen LogP contribution is 2.36. The van der Waals surface area contributed by atoms with Crippen molar-refractivity contribution in [2.24, 2.45) is 11.8 Å². The van der Waals surface area contributed by atoms with Crippen LogP contribution in [0.2, 0.25) is 0 Å². The van der Waals surface area contributed by atoms with E-state index in [4.69, 9.17) is 10.00 Å². The first-order chi connectivity index (χ1) is 12.2. The van der Waals surface area contributed by atoms with E-state index >= 15 is 0 Å². The molecule has 0 aliphatic heterocycles. The molecule has 1 aromatic carbocycles. The van der Waals surface area contributed by atoms with Crippen LogP contribution in [0.4, 0.5) is 4.39 Å². The number of nitriles is 1. The Morgan fingerprint density at radius 1 is 1.00 bits per heavy atom. The van der Waals surface area contributed by atoms with Crippen LogP contribution in [0.3, 0.4) is 0 Å². The Morgan fingerprint density at radius 2 is 1.68 bits per heavy atom. The van der Waals surface area contributed by atoms with Crippen molar-refractivity contribution >= 4 is 0 Å². The van der Waals surface area contributed by atoms with E-state index in [1.54, 1.807) is 18.2 Å². The lowest BCUT2D eigenvalue weighted by molar-refractivity contribution is -0.00456. The van der Waals surface area contributed by atoms with E-state index in [0.29, 0.717) is 23.9 Å². The fourth-order valence-electron chi connectivity index (χ4n) is 4.30. The standard InChI is InChI=1S/C22H28FNO/c23-21-11-9-20(10-12-21)19-7-3-18(4-8-19)16-25-22-13-5-17(6-14-22)2-1-15-24/h1-2,9-12,17-19,22H,3-8,13-14,16H2/t17-,18-,19-,22-. The van der Waals surface area contributed by atoms with Crippen LogP contribution in [0.25, 0.3) is 0 Å². The number of allylic oxidation sites excluding steroid dienone is 2. The van der Waals surface area contributed by atoms with Crippen molar-refractivity contribution in [1.82, 2.24) is 0 Å². The summed E-state index contributed by atoms with van der Waals surface area (Å²) < 4.78 is 19.2. The predicted molar refractivity (Wildman–Crippen MR) is 97.6 cm³/mol. The molecular formula is C22H28FNO. The highest BCUT2D eigenvalue weighted by Gasteiger charge is 2.25. The van der Waals surface area contributed by atoms with E-state index in [1.807, 2.05) is 18.2 Å². The molecule has 0 aromatic heterocycles. The maximum atomic E-state index is 13.0. The summed E-state index contributed by atoms with van der Waals surface area (Å²) in [5.74, 6) is 1.67. The van der Waals surface area contributed by atoms with Gasteiger partial charge >= 0.3 is 0 Å². The van der Waals surface area contributed by atoms with Crippen molar-refractivity contribution in [3.63, 3.8) is 0 Å². The zero-order valence-corrected chi connectivity index (χ0v) is 14.9. The lowest BCUT2D eigenvalue weighted by Crippen LogP contribution is -2.25. The summed E-state index contributed by atoms with van der Waals surface area (Å²) in [5, 5.41) is 8.60. The molecule has 3 heteroatoms. The summed E-state index contributed by atoms with van der Waals surface area (Å²) in [4.78, 5) is 0. The van der Waals surface area contributed by atoms with Crippen molar-refractivity contribution < 1.29 is 9.13 Å². The molecule has 0 unspecified atom stereocenters. The molecule has 0 saturated heterocycles. The number of nitrogens with zero attached hydrogens (tertiary/aromatic N) is 1. The second-order valence-corrected chi connectivity index (χ2v) is 7.63. The fourth-order valence-corrected chi connectivity index (χ4v) is 4.30. The van der Waals surface area contributed by atoms with Gasteiger partial charge in [0.1, 0.15) is 5.82 Å². The molecule has 0 heterocycles. The molecule has 25 heavy (non-hydrogen) atoms. The van der Waals surface area contributed by atoms with Crippen LogP contribution in [-0.4, -0.2) is 12.7 Å². The Kier molecular flexibility index (Phi) is 6.64. The van der Waals surface area contributed by atoms with Crippen molar-refractivity contribution in [2.75, 3.05) is 6.61 Å². The monoisotopic (exact) mass is 341 g/mol. The molecule has 134 valence electrons. The van der Waals surface area contributed by atoms with Crippen molar-refractivity contribution in [3.05, 3.63) is 47.8 Å². The van der Waals surface area contributed by atoms with E-state index < -0.39 is 0 Å². The summed E-state index contributed by atoms with van der Waals surface area (Å²) in [6, 6.07) is 9.12. The Balaban J connectivity index is 1.35. The summed E-state index contributed by atoms with van der Waals surface area (Å²) in [7, 11) is 0. The molecule has 3 rings (SSSR count). The number of halogens is 1. The minimum Gasteiger partial charge on any atom is -0.378 e. The number of hydrogen-bond donors (Lipinski definition) is 0. The first-order valence-corrected chi connectivity index (χ1v) is 9.68. The summed E-state index contributed by atoms with van der Waals surface area (Å²) in [6.45, 7) is 0.888. The second kappa shape index (κ2) is 9.15. The lowest BCUT2D eigenvalue weighted by atomic mass is 9.79. The first kappa shape index (κ1) is 18.1. The zero-order valence-electron chi connectivity index (χ0n) is 14.9. The van der Waals surface area contributed by atoms with E-state index in [1.165, 1.54) is 31.2 Å². The molecule has 0 bridgehead atoms. The van der Waals surface area contributed by atoms with Gasteiger partial charge in [-0.25, -0.2) is 4.39 Å². The Bertz CT molecular complexity index is 587. The normalized spacial score (nSPS) is 30.2. The van der Waals surface area contributed by atoms with Gasteiger partial charge in [0.2, 0.25) is 0 Å². The molecule has 2 aliphatic carbocycles. The van der Waals surface area contributed by atoms with Crippen LogP contribution < -0.4 is 0 Å². The van der Waals surface area contributed by atoms with Gasteiger partial charge in [0.25, 0.3) is 0 Å². The van der Waals surface area contributed by atoms with Gasteiger partial charge in [-0.15, -0.1) is 0 Å². The maximum absolute atomic E-state index is 13.0. The Morgan fingerprint density at radius 3 is 2.32 bits per heavy atom. The molecule has 0 spiro atoms. The zero-order chi connectivity index (χ0) is 17.5. The second-order valence-electron chi connectivity index (χ2n) is 7.63. The van der Waals surface area contributed by atoms with Crippen molar-refractivity contribution in [2.45, 2.75) is 63.4 Å². The van der Waals surface area contributed by atoms with Crippen LogP contribution >= 0.6 is 0 Å². The average Bonchev–Trinajstić information content (AvgIpc) is 2.67. The minimum atomic E-state index is -0.149. The molecule has 0 N–H and O–H groups in total. The van der Waals surface area contributed by atoms with Gasteiger partial charge < -0.3 is 4.74 Å². The van der Waals surface area contributed by atoms with Gasteiger partial charge in [-0.05, 0) is 86.8 Å². The van der Waals surface area contributed by atoms with Crippen LogP contribution in [-0.2, 0) is 4.74 Å². The van der Waals surface area contributed by atoms with Crippen molar-refractivity contribution in [1.29, 1.82) is 5.26 Å². The van der Waals surface area contributed by atoms with Crippen LogP contribution in [0.15, 0.2) is 36.4 Å². The molecule has 0 radical (unpaired) electrons. The Hall–Kier alpha value is -1.66. The van der Waals surface area contributed by atoms with Crippen LogP contribution in [0.5, 0.6) is 0 Å². The molecule has 2 fully saturated rings. The van der Waals surface area contributed by atoms with Crippen molar-refractivity contribution in [3.8, 4) is 6.07 Å². The van der Waals surface area contributed by atoms with Gasteiger partial charge in [0.15, 0.2) is 0 Å². The highest BCUT2D eigenvalue weighted by atomic mass is 19.1. The molecule has 2 saturated carbocycles. The van der Waals surface area contributed by atoms with E-state index in [9.17, 15) is 4.39 Å². The third-order valence-corrected chi connectivity index (χ3v) is 5.92. The average molecular weight is 341 g/mol. The fraction of sp³-hybridized carbons (Fsp3) is 0.591. The maximum Gasteiger partial charge on any atom is 0.123 e. The summed E-state index contributed by atoms with van der Waals surface area (Å²) in [5.41, 5.74) is 1.28. The minimum absolute atomic E-state index is 0.149. The van der Waals surface area contributed by atoms with Crippen LogP contribution in [0.1, 0.15) is 62.8 Å². The predicted octanol–water partition coefficient (Wildman–Crippen LogP) is 5.75. The summed E-state index contributed by atoms with van der Waals surface area (Å²) in [6.07, 6.45) is 13.4. The first-order valence-electron chi connectivity index (χ1n) is 9.68. The number of benzene rings is 1. The molecule has 0 amide bonds. The summed E-state index contributed by atoms with van der Waals surface area (Å²) >= 11 is 0. The molecular weight excluding hydrogens is 313 g/mol. The molecule has 2 nitrogen and oxygen atoms in total. The lowest BCUT2D eigenvalue weighted by Gasteiger charge is -2.32. The quantitative estimate of drug-likeness (QED) is 0.638. The third kappa shape index (κ3) is 5.41. The van der Waals surface area contributed by atoms with E-state index in [2.05, 4.69) is 6.07 Å². The van der Waals surface area contributed by atoms with Gasteiger partial charge in [0, 0.05) is 12.7 Å². The van der Waals surface area contributed by atoms with E-state index in [0.717, 1.165) is 32.3 Å². The molecule has 2 aliphatic rings. The topological polar surface area (TPSA) is 33.0 Å². The molecule has 0 atom stereocenters. The largest absolute Gasteiger partial charge is 0.378 e. The number of ether oxygens (including phenoxy) is 1. The Labute approximate surface area is 150 Å². The highest BCUT2D eigenvalue weighted by molar-refractivity contribution is 5.20. The third-order valence-electron chi connectivity index (χ3n) is 5.92. The smallest absolute Gasteiger partial charge is 0.123 e. The van der Waals surface area contributed by atoms with Crippen LogP contribution in [0, 0.1) is 29.0 Å². The van der Waals surface area contributed by atoms with Gasteiger partial charge in [-0.2, -0.15) is 5.26 Å². The number of hydrogen-bond acceptors (Lipinski definition) is 2. The van der Waals surface area contributed by atoms with Gasteiger partial charge in [0.05, 0.1) is 12.2 Å².